The standard InChI is InChI=1S/C17H25N3O/c1-13-6-5-7-15(12-21)19(13)10-11-20-14(2)18-16-8-3-4-9-17(16)20/h3-4,8-9,13,15,21H,5-7,10-12H2,1-2H3. The topological polar surface area (TPSA) is 41.3 Å². The van der Waals surface area contributed by atoms with Gasteiger partial charge in [-0.25, -0.2) is 4.98 Å². The van der Waals surface area contributed by atoms with Gasteiger partial charge in [-0.15, -0.1) is 0 Å². The van der Waals surface area contributed by atoms with Gasteiger partial charge in [0.05, 0.1) is 17.6 Å². The molecule has 2 atom stereocenters. The van der Waals surface area contributed by atoms with Crippen molar-refractivity contribution in [2.45, 2.75) is 51.7 Å². The molecule has 1 aromatic heterocycles. The van der Waals surface area contributed by atoms with E-state index in [1.165, 1.54) is 18.4 Å². The molecule has 2 unspecified atom stereocenters. The third-order valence-electron chi connectivity index (χ3n) is 4.83. The molecule has 0 aliphatic carbocycles. The molecule has 21 heavy (non-hydrogen) atoms. The Morgan fingerprint density at radius 3 is 2.86 bits per heavy atom. The summed E-state index contributed by atoms with van der Waals surface area (Å²) in [5.41, 5.74) is 2.28. The molecule has 1 saturated heterocycles. The van der Waals surface area contributed by atoms with Crippen LogP contribution in [0.25, 0.3) is 11.0 Å². The van der Waals surface area contributed by atoms with Gasteiger partial charge in [0.25, 0.3) is 0 Å². The molecule has 2 aromatic rings. The summed E-state index contributed by atoms with van der Waals surface area (Å²) in [5, 5.41) is 9.60. The van der Waals surface area contributed by atoms with Crippen LogP contribution in [0.1, 0.15) is 32.0 Å². The normalized spacial score (nSPS) is 23.8. The van der Waals surface area contributed by atoms with Crippen molar-refractivity contribution in [2.75, 3.05) is 13.2 Å². The summed E-state index contributed by atoms with van der Waals surface area (Å²) in [6.07, 6.45) is 3.58. The first-order chi connectivity index (χ1) is 10.2. The van der Waals surface area contributed by atoms with Crippen LogP contribution in [0.3, 0.4) is 0 Å². The van der Waals surface area contributed by atoms with Crippen molar-refractivity contribution in [3.05, 3.63) is 30.1 Å². The number of likely N-dealkylation sites (tertiary alicyclic amines) is 1. The van der Waals surface area contributed by atoms with Gasteiger partial charge in [0.15, 0.2) is 0 Å². The van der Waals surface area contributed by atoms with Gasteiger partial charge in [0.2, 0.25) is 0 Å². The molecule has 0 saturated carbocycles. The summed E-state index contributed by atoms with van der Waals surface area (Å²) in [4.78, 5) is 7.10. The number of hydrogen-bond acceptors (Lipinski definition) is 3. The zero-order valence-corrected chi connectivity index (χ0v) is 13.0. The van der Waals surface area contributed by atoms with E-state index >= 15 is 0 Å². The van der Waals surface area contributed by atoms with E-state index in [2.05, 4.69) is 46.5 Å². The Morgan fingerprint density at radius 2 is 2.05 bits per heavy atom. The van der Waals surface area contributed by atoms with Crippen LogP contribution in [-0.4, -0.2) is 44.8 Å². The molecule has 1 aliphatic rings. The summed E-state index contributed by atoms with van der Waals surface area (Å²) in [7, 11) is 0. The Bertz CT molecular complexity index is 607. The lowest BCUT2D eigenvalue weighted by atomic mass is 9.97. The fourth-order valence-corrected chi connectivity index (χ4v) is 3.63. The van der Waals surface area contributed by atoms with Crippen LogP contribution < -0.4 is 0 Å². The number of rotatable bonds is 4. The molecule has 114 valence electrons. The van der Waals surface area contributed by atoms with Crippen LogP contribution in [0.2, 0.25) is 0 Å². The predicted octanol–water partition coefficient (Wildman–Crippen LogP) is 2.58. The first-order valence-electron chi connectivity index (χ1n) is 7.99. The van der Waals surface area contributed by atoms with Crippen LogP contribution >= 0.6 is 0 Å². The van der Waals surface area contributed by atoms with E-state index < -0.39 is 0 Å². The molecule has 4 nitrogen and oxygen atoms in total. The number of aliphatic hydroxyl groups is 1. The fraction of sp³-hybridized carbons (Fsp3) is 0.588. The van der Waals surface area contributed by atoms with Crippen molar-refractivity contribution in [3.8, 4) is 0 Å². The first kappa shape index (κ1) is 14.5. The van der Waals surface area contributed by atoms with E-state index in [1.54, 1.807) is 0 Å². The van der Waals surface area contributed by atoms with Crippen LogP contribution in [0.15, 0.2) is 24.3 Å². The van der Waals surface area contributed by atoms with Gasteiger partial charge in [0, 0.05) is 25.2 Å². The Balaban J connectivity index is 1.77. The minimum Gasteiger partial charge on any atom is -0.395 e. The van der Waals surface area contributed by atoms with Crippen LogP contribution in [-0.2, 0) is 6.54 Å². The lowest BCUT2D eigenvalue weighted by Crippen LogP contribution is -2.48. The van der Waals surface area contributed by atoms with Gasteiger partial charge in [-0.1, -0.05) is 18.6 Å². The highest BCUT2D eigenvalue weighted by atomic mass is 16.3. The minimum atomic E-state index is 0.272. The Kier molecular flexibility index (Phi) is 4.27. The summed E-state index contributed by atoms with van der Waals surface area (Å²) in [6.45, 7) is 6.54. The summed E-state index contributed by atoms with van der Waals surface area (Å²) in [6, 6.07) is 9.19. The molecule has 1 fully saturated rings. The molecule has 0 spiro atoms. The summed E-state index contributed by atoms with van der Waals surface area (Å²) < 4.78 is 2.30. The van der Waals surface area contributed by atoms with E-state index in [0.717, 1.165) is 30.9 Å². The number of fused-ring (bicyclic) bond motifs is 1. The largest absolute Gasteiger partial charge is 0.395 e. The van der Waals surface area contributed by atoms with Gasteiger partial charge in [-0.05, 0) is 38.8 Å². The van der Waals surface area contributed by atoms with Crippen LogP contribution in [0.4, 0.5) is 0 Å². The average molecular weight is 287 g/mol. The quantitative estimate of drug-likeness (QED) is 0.939. The van der Waals surface area contributed by atoms with Gasteiger partial charge in [0.1, 0.15) is 5.82 Å². The molecular formula is C17H25N3O. The molecule has 1 aliphatic heterocycles. The number of nitrogens with zero attached hydrogens (tertiary/aromatic N) is 3. The SMILES string of the molecule is Cc1nc2ccccc2n1CCN1C(C)CCCC1CO. The minimum absolute atomic E-state index is 0.272. The predicted molar refractivity (Wildman–Crippen MR) is 85.4 cm³/mol. The maximum absolute atomic E-state index is 9.60. The van der Waals surface area contributed by atoms with E-state index in [1.807, 2.05) is 6.07 Å². The van der Waals surface area contributed by atoms with Crippen molar-refractivity contribution < 1.29 is 5.11 Å². The molecular weight excluding hydrogens is 262 g/mol. The monoisotopic (exact) mass is 287 g/mol. The first-order valence-corrected chi connectivity index (χ1v) is 7.99. The van der Waals surface area contributed by atoms with Crippen molar-refractivity contribution in [3.63, 3.8) is 0 Å². The number of imidazole rings is 1. The van der Waals surface area contributed by atoms with E-state index in [0.29, 0.717) is 12.1 Å². The number of hydrogen-bond donors (Lipinski definition) is 1. The zero-order chi connectivity index (χ0) is 14.8. The van der Waals surface area contributed by atoms with E-state index in [-0.39, 0.29) is 6.61 Å². The number of aromatic nitrogens is 2. The Hall–Kier alpha value is -1.39. The molecule has 1 aromatic carbocycles. The molecule has 1 N–H and O–H groups in total. The van der Waals surface area contributed by atoms with Crippen molar-refractivity contribution in [1.29, 1.82) is 0 Å². The second kappa shape index (κ2) is 6.16. The second-order valence-corrected chi connectivity index (χ2v) is 6.15. The smallest absolute Gasteiger partial charge is 0.106 e. The average Bonchev–Trinajstić information content (AvgIpc) is 2.81. The number of aliphatic hydroxyl groups excluding tert-OH is 1. The highest BCUT2D eigenvalue weighted by molar-refractivity contribution is 5.75. The van der Waals surface area contributed by atoms with Gasteiger partial charge < -0.3 is 9.67 Å². The third-order valence-corrected chi connectivity index (χ3v) is 4.83. The highest BCUT2D eigenvalue weighted by Crippen LogP contribution is 2.23. The maximum Gasteiger partial charge on any atom is 0.106 e. The van der Waals surface area contributed by atoms with E-state index in [9.17, 15) is 5.11 Å². The summed E-state index contributed by atoms with van der Waals surface area (Å²) >= 11 is 0. The molecule has 0 bridgehead atoms. The lowest BCUT2D eigenvalue weighted by molar-refractivity contribution is 0.0491. The van der Waals surface area contributed by atoms with Gasteiger partial charge in [-0.2, -0.15) is 0 Å². The number of piperidine rings is 1. The summed E-state index contributed by atoms with van der Waals surface area (Å²) in [5.74, 6) is 1.07. The van der Waals surface area contributed by atoms with Crippen LogP contribution in [0, 0.1) is 6.92 Å². The molecule has 0 radical (unpaired) electrons. The zero-order valence-electron chi connectivity index (χ0n) is 13.0. The fourth-order valence-electron chi connectivity index (χ4n) is 3.63. The van der Waals surface area contributed by atoms with Crippen LogP contribution in [0.5, 0.6) is 0 Å². The second-order valence-electron chi connectivity index (χ2n) is 6.15. The third kappa shape index (κ3) is 2.83. The van der Waals surface area contributed by atoms with Gasteiger partial charge in [-0.3, -0.25) is 4.90 Å². The Labute approximate surface area is 126 Å². The Morgan fingerprint density at radius 1 is 1.24 bits per heavy atom. The number of benzene rings is 1. The molecule has 2 heterocycles. The molecule has 4 heteroatoms. The van der Waals surface area contributed by atoms with Gasteiger partial charge >= 0.3 is 0 Å². The number of para-hydroxylation sites is 2. The molecule has 3 rings (SSSR count). The lowest BCUT2D eigenvalue weighted by Gasteiger charge is -2.40. The highest BCUT2D eigenvalue weighted by Gasteiger charge is 2.27. The van der Waals surface area contributed by atoms with Crippen molar-refractivity contribution in [2.24, 2.45) is 0 Å². The van der Waals surface area contributed by atoms with Crippen molar-refractivity contribution in [1.82, 2.24) is 14.5 Å². The van der Waals surface area contributed by atoms with Crippen molar-refractivity contribution >= 4 is 11.0 Å². The van der Waals surface area contributed by atoms with E-state index in [4.69, 9.17) is 0 Å². The maximum atomic E-state index is 9.60. The molecule has 0 amide bonds. The number of aryl methyl sites for hydroxylation is 1.